The molecule has 1 saturated heterocycles. The Morgan fingerprint density at radius 2 is 1.85 bits per heavy atom. The molecule has 0 spiro atoms. The monoisotopic (exact) mass is 295 g/mol. The van der Waals surface area contributed by atoms with Gasteiger partial charge in [0.1, 0.15) is 0 Å². The normalized spacial score (nSPS) is 34.6. The molecule has 1 heterocycles. The highest BCUT2D eigenvalue weighted by Gasteiger charge is 2.57. The Labute approximate surface area is 126 Å². The van der Waals surface area contributed by atoms with Gasteiger partial charge in [-0.2, -0.15) is 0 Å². The van der Waals surface area contributed by atoms with E-state index in [-0.39, 0.29) is 6.04 Å². The van der Waals surface area contributed by atoms with Gasteiger partial charge in [-0.1, -0.05) is 25.6 Å². The van der Waals surface area contributed by atoms with Crippen LogP contribution in [0, 0.1) is 17.8 Å². The van der Waals surface area contributed by atoms with Gasteiger partial charge < -0.3 is 10.6 Å². The molecular weight excluding hydrogens is 270 g/mol. The molecule has 3 fully saturated rings. The van der Waals surface area contributed by atoms with E-state index in [1.165, 1.54) is 19.3 Å². The predicted octanol–water partition coefficient (Wildman–Crippen LogP) is 1.24. The molecule has 3 unspecified atom stereocenters. The highest BCUT2D eigenvalue weighted by atomic mass is 32.1. The molecule has 3 aliphatic rings. The minimum Gasteiger partial charge on any atom is -0.392 e. The number of hydrogen-bond acceptors (Lipinski definition) is 3. The summed E-state index contributed by atoms with van der Waals surface area (Å²) in [5.41, 5.74) is 5.80. The molecule has 4 nitrogen and oxygen atoms in total. The van der Waals surface area contributed by atoms with Gasteiger partial charge in [-0.25, -0.2) is 0 Å². The number of nitrogens with two attached hydrogens (primary N) is 1. The first-order valence-corrected chi connectivity index (χ1v) is 8.36. The highest BCUT2D eigenvalue weighted by molar-refractivity contribution is 7.80. The van der Waals surface area contributed by atoms with Crippen LogP contribution in [-0.4, -0.2) is 52.9 Å². The summed E-state index contributed by atoms with van der Waals surface area (Å²) in [6.45, 7) is 5.61. The van der Waals surface area contributed by atoms with Gasteiger partial charge in [-0.05, 0) is 31.1 Å². The number of fused-ring (bicyclic) bond motifs is 1. The molecule has 20 heavy (non-hydrogen) atoms. The summed E-state index contributed by atoms with van der Waals surface area (Å²) in [5.74, 6) is 2.23. The first-order chi connectivity index (χ1) is 9.63. The summed E-state index contributed by atoms with van der Waals surface area (Å²) in [5, 5.41) is 0. The van der Waals surface area contributed by atoms with Crippen LogP contribution in [0.3, 0.4) is 0 Å². The first kappa shape index (κ1) is 14.3. The molecule has 2 saturated carbocycles. The fourth-order valence-electron chi connectivity index (χ4n) is 4.29. The van der Waals surface area contributed by atoms with Crippen LogP contribution in [0.5, 0.6) is 0 Å². The fraction of sp³-hybridized carbons (Fsp3) is 0.867. The summed E-state index contributed by atoms with van der Waals surface area (Å²) < 4.78 is 0. The Kier molecular flexibility index (Phi) is 4.00. The van der Waals surface area contributed by atoms with E-state index < -0.39 is 0 Å². The second-order valence-corrected chi connectivity index (χ2v) is 6.94. The second kappa shape index (κ2) is 5.60. The first-order valence-electron chi connectivity index (χ1n) is 7.95. The van der Waals surface area contributed by atoms with Gasteiger partial charge in [0.05, 0.1) is 11.0 Å². The lowest BCUT2D eigenvalue weighted by atomic mass is 10.1. The molecular formula is C15H25N3OS. The number of nitrogens with zero attached hydrogens (tertiary/aromatic N) is 2. The quantitative estimate of drug-likeness (QED) is 0.793. The minimum atomic E-state index is 0.197. The van der Waals surface area contributed by atoms with Gasteiger partial charge >= 0.3 is 0 Å². The third kappa shape index (κ3) is 2.46. The van der Waals surface area contributed by atoms with Crippen molar-refractivity contribution >= 4 is 23.1 Å². The van der Waals surface area contributed by atoms with Crippen molar-refractivity contribution in [3.63, 3.8) is 0 Å². The molecule has 0 radical (unpaired) electrons. The van der Waals surface area contributed by atoms with Gasteiger partial charge in [0.25, 0.3) is 0 Å². The van der Waals surface area contributed by atoms with E-state index in [9.17, 15) is 4.79 Å². The zero-order valence-corrected chi connectivity index (χ0v) is 13.1. The molecule has 2 aliphatic carbocycles. The van der Waals surface area contributed by atoms with E-state index in [4.69, 9.17) is 18.0 Å². The van der Waals surface area contributed by atoms with Gasteiger partial charge in [-0.3, -0.25) is 9.69 Å². The third-order valence-corrected chi connectivity index (χ3v) is 5.75. The van der Waals surface area contributed by atoms with Crippen LogP contribution < -0.4 is 5.73 Å². The number of piperazine rings is 1. The van der Waals surface area contributed by atoms with Crippen molar-refractivity contribution in [3.05, 3.63) is 0 Å². The fourth-order valence-corrected chi connectivity index (χ4v) is 4.61. The van der Waals surface area contributed by atoms with Crippen molar-refractivity contribution in [2.24, 2.45) is 23.5 Å². The molecule has 0 aromatic heterocycles. The largest absolute Gasteiger partial charge is 0.392 e. The molecule has 5 heteroatoms. The Hall–Kier alpha value is -0.680. The number of thiocarbonyl (C=S) groups is 1. The van der Waals surface area contributed by atoms with Crippen molar-refractivity contribution in [1.82, 2.24) is 9.80 Å². The number of hydrogen-bond donors (Lipinski definition) is 1. The van der Waals surface area contributed by atoms with Crippen molar-refractivity contribution in [2.75, 3.05) is 26.2 Å². The highest BCUT2D eigenvalue weighted by Crippen LogP contribution is 2.58. The van der Waals surface area contributed by atoms with Crippen LogP contribution in [0.2, 0.25) is 0 Å². The molecule has 0 aromatic rings. The Morgan fingerprint density at radius 1 is 1.25 bits per heavy atom. The lowest BCUT2D eigenvalue weighted by Crippen LogP contribution is -2.55. The summed E-state index contributed by atoms with van der Waals surface area (Å²) in [6, 6.07) is 0.197. The smallest absolute Gasteiger partial charge is 0.226 e. The maximum Gasteiger partial charge on any atom is 0.226 e. The Bertz CT molecular complexity index is 396. The second-order valence-electron chi connectivity index (χ2n) is 6.47. The van der Waals surface area contributed by atoms with Crippen molar-refractivity contribution in [2.45, 2.75) is 38.6 Å². The zero-order valence-electron chi connectivity index (χ0n) is 12.3. The van der Waals surface area contributed by atoms with E-state index in [0.717, 1.165) is 44.4 Å². The maximum atomic E-state index is 12.5. The van der Waals surface area contributed by atoms with Gasteiger partial charge in [0, 0.05) is 32.1 Å². The van der Waals surface area contributed by atoms with Crippen LogP contribution >= 0.6 is 12.2 Å². The predicted molar refractivity (Wildman–Crippen MR) is 83.3 cm³/mol. The average Bonchev–Trinajstić information content (AvgIpc) is 2.91. The van der Waals surface area contributed by atoms with Crippen molar-refractivity contribution < 1.29 is 4.79 Å². The maximum absolute atomic E-state index is 12.5. The van der Waals surface area contributed by atoms with Gasteiger partial charge in [0.15, 0.2) is 0 Å². The molecule has 1 aliphatic heterocycles. The Balaban J connectivity index is 1.51. The zero-order chi connectivity index (χ0) is 14.3. The molecule has 3 rings (SSSR count). The molecule has 0 aromatic carbocycles. The van der Waals surface area contributed by atoms with Crippen LogP contribution in [-0.2, 0) is 4.79 Å². The lowest BCUT2D eigenvalue weighted by Gasteiger charge is -2.39. The summed E-state index contributed by atoms with van der Waals surface area (Å²) in [6.07, 6.45) is 4.84. The van der Waals surface area contributed by atoms with Crippen molar-refractivity contribution in [1.29, 1.82) is 0 Å². The molecule has 2 N–H and O–H groups in total. The van der Waals surface area contributed by atoms with E-state index >= 15 is 0 Å². The van der Waals surface area contributed by atoms with Crippen LogP contribution in [0.4, 0.5) is 0 Å². The van der Waals surface area contributed by atoms with Crippen LogP contribution in [0.1, 0.15) is 32.6 Å². The van der Waals surface area contributed by atoms with E-state index in [1.54, 1.807) is 0 Å². The third-order valence-electron chi connectivity index (χ3n) is 5.47. The SMILES string of the molecule is CCC(C(N)=S)N1CCN(C(=O)C2C3CCCC32)CC1. The lowest BCUT2D eigenvalue weighted by molar-refractivity contribution is -0.135. The number of rotatable bonds is 4. The molecule has 1 amide bonds. The van der Waals surface area contributed by atoms with Crippen molar-refractivity contribution in [3.8, 4) is 0 Å². The Morgan fingerprint density at radius 3 is 2.35 bits per heavy atom. The number of carbonyl (C=O) groups is 1. The number of carbonyl (C=O) groups excluding carboxylic acids is 1. The molecule has 3 atom stereocenters. The minimum absolute atomic E-state index is 0.197. The molecule has 112 valence electrons. The average molecular weight is 295 g/mol. The topological polar surface area (TPSA) is 49.6 Å². The summed E-state index contributed by atoms with van der Waals surface area (Å²) >= 11 is 5.14. The summed E-state index contributed by atoms with van der Waals surface area (Å²) in [7, 11) is 0. The van der Waals surface area contributed by atoms with Crippen LogP contribution in [0.15, 0.2) is 0 Å². The van der Waals surface area contributed by atoms with Gasteiger partial charge in [-0.15, -0.1) is 0 Å². The van der Waals surface area contributed by atoms with Crippen LogP contribution in [0.25, 0.3) is 0 Å². The van der Waals surface area contributed by atoms with E-state index in [1.807, 2.05) is 0 Å². The standard InChI is InChI=1S/C15H25N3OS/c1-2-12(14(16)20)17-6-8-18(9-7-17)15(19)13-10-4-3-5-11(10)13/h10-13H,2-9H2,1H3,(H2,16,20). The summed E-state index contributed by atoms with van der Waals surface area (Å²) in [4.78, 5) is 17.5. The molecule has 0 bridgehead atoms. The van der Waals surface area contributed by atoms with E-state index in [2.05, 4.69) is 16.7 Å². The number of amides is 1. The van der Waals surface area contributed by atoms with E-state index in [0.29, 0.717) is 16.8 Å². The van der Waals surface area contributed by atoms with Gasteiger partial charge in [0.2, 0.25) is 5.91 Å².